The number of hydrogen-bond acceptors (Lipinski definition) is 3. The Hall–Kier alpha value is -0.870. The molecular formula is C11H19N3O. The average Bonchev–Trinajstić information content (AvgIpc) is 2.84. The van der Waals surface area contributed by atoms with Crippen molar-refractivity contribution in [3.8, 4) is 0 Å². The van der Waals surface area contributed by atoms with Crippen LogP contribution in [0.5, 0.6) is 0 Å². The van der Waals surface area contributed by atoms with E-state index in [9.17, 15) is 0 Å². The Labute approximate surface area is 90.6 Å². The van der Waals surface area contributed by atoms with Gasteiger partial charge in [-0.25, -0.2) is 0 Å². The van der Waals surface area contributed by atoms with Crippen LogP contribution >= 0.6 is 0 Å². The lowest BCUT2D eigenvalue weighted by atomic mass is 10.0. The van der Waals surface area contributed by atoms with Crippen molar-refractivity contribution in [3.63, 3.8) is 0 Å². The Kier molecular flexibility index (Phi) is 3.07. The highest BCUT2D eigenvalue weighted by atomic mass is 16.5. The summed E-state index contributed by atoms with van der Waals surface area (Å²) in [7, 11) is 0. The molecule has 0 aliphatic carbocycles. The first-order valence-corrected chi connectivity index (χ1v) is 5.57. The number of aryl methyl sites for hydroxylation is 1. The van der Waals surface area contributed by atoms with E-state index in [0.29, 0.717) is 0 Å². The molecule has 4 nitrogen and oxygen atoms in total. The first-order chi connectivity index (χ1) is 7.23. The van der Waals surface area contributed by atoms with E-state index in [1.807, 2.05) is 10.9 Å². The molecule has 1 aliphatic rings. The van der Waals surface area contributed by atoms with Gasteiger partial charge in [0.15, 0.2) is 0 Å². The van der Waals surface area contributed by atoms with Crippen LogP contribution in [-0.4, -0.2) is 28.5 Å². The summed E-state index contributed by atoms with van der Waals surface area (Å²) in [5.74, 6) is 0. The fraction of sp³-hybridized carbons (Fsp3) is 0.727. The van der Waals surface area contributed by atoms with Crippen LogP contribution in [0.2, 0.25) is 0 Å². The van der Waals surface area contributed by atoms with Crippen LogP contribution in [0, 0.1) is 0 Å². The molecule has 1 atom stereocenters. The maximum atomic E-state index is 5.40. The fourth-order valence-electron chi connectivity index (χ4n) is 1.91. The topological polar surface area (TPSA) is 39.1 Å². The molecule has 1 unspecified atom stereocenters. The molecule has 0 amide bonds. The van der Waals surface area contributed by atoms with Crippen LogP contribution < -0.4 is 5.32 Å². The molecule has 2 heterocycles. The van der Waals surface area contributed by atoms with Crippen LogP contribution in [0.3, 0.4) is 0 Å². The van der Waals surface area contributed by atoms with Gasteiger partial charge < -0.3 is 10.1 Å². The SMILES string of the molecule is CCn1nccc1CNC1(C)CCOC1. The van der Waals surface area contributed by atoms with E-state index < -0.39 is 0 Å². The Morgan fingerprint density at radius 2 is 2.53 bits per heavy atom. The van der Waals surface area contributed by atoms with E-state index in [1.165, 1.54) is 5.69 Å². The van der Waals surface area contributed by atoms with Gasteiger partial charge in [-0.1, -0.05) is 0 Å². The first-order valence-electron chi connectivity index (χ1n) is 5.57. The molecule has 1 aromatic heterocycles. The largest absolute Gasteiger partial charge is 0.379 e. The van der Waals surface area contributed by atoms with Crippen molar-refractivity contribution in [2.24, 2.45) is 0 Å². The van der Waals surface area contributed by atoms with Gasteiger partial charge in [0.05, 0.1) is 12.3 Å². The molecule has 0 saturated carbocycles. The minimum atomic E-state index is 0.142. The third-order valence-corrected chi connectivity index (χ3v) is 3.02. The highest BCUT2D eigenvalue weighted by molar-refractivity contribution is 5.01. The van der Waals surface area contributed by atoms with Crippen LogP contribution in [0.1, 0.15) is 26.0 Å². The molecule has 0 bridgehead atoms. The van der Waals surface area contributed by atoms with Crippen molar-refractivity contribution in [3.05, 3.63) is 18.0 Å². The van der Waals surface area contributed by atoms with Crippen LogP contribution in [0.15, 0.2) is 12.3 Å². The zero-order valence-electron chi connectivity index (χ0n) is 9.49. The molecule has 1 fully saturated rings. The van der Waals surface area contributed by atoms with Crippen LogP contribution in [-0.2, 0) is 17.8 Å². The van der Waals surface area contributed by atoms with E-state index in [2.05, 4.69) is 30.3 Å². The van der Waals surface area contributed by atoms with Gasteiger partial charge in [-0.05, 0) is 26.3 Å². The Morgan fingerprint density at radius 3 is 3.20 bits per heavy atom. The molecule has 1 saturated heterocycles. The molecule has 0 spiro atoms. The van der Waals surface area contributed by atoms with E-state index in [-0.39, 0.29) is 5.54 Å². The lowest BCUT2D eigenvalue weighted by molar-refractivity contribution is 0.171. The highest BCUT2D eigenvalue weighted by Crippen LogP contribution is 2.18. The molecule has 0 radical (unpaired) electrons. The van der Waals surface area contributed by atoms with Crippen LogP contribution in [0.4, 0.5) is 0 Å². The summed E-state index contributed by atoms with van der Waals surface area (Å²) in [5.41, 5.74) is 1.38. The zero-order valence-corrected chi connectivity index (χ0v) is 9.49. The molecule has 1 aromatic rings. The summed E-state index contributed by atoms with van der Waals surface area (Å²) >= 11 is 0. The number of rotatable bonds is 4. The quantitative estimate of drug-likeness (QED) is 0.809. The van der Waals surface area contributed by atoms with Gasteiger partial charge in [0.1, 0.15) is 0 Å². The zero-order chi connectivity index (χ0) is 10.7. The summed E-state index contributed by atoms with van der Waals surface area (Å²) in [5, 5.41) is 7.80. The molecule has 1 N–H and O–H groups in total. The van der Waals surface area contributed by atoms with Gasteiger partial charge >= 0.3 is 0 Å². The third-order valence-electron chi connectivity index (χ3n) is 3.02. The monoisotopic (exact) mass is 209 g/mol. The molecular weight excluding hydrogens is 190 g/mol. The summed E-state index contributed by atoms with van der Waals surface area (Å²) in [6.07, 6.45) is 2.95. The predicted molar refractivity (Wildman–Crippen MR) is 58.6 cm³/mol. The second-order valence-electron chi connectivity index (χ2n) is 4.36. The van der Waals surface area contributed by atoms with Gasteiger partial charge in [-0.3, -0.25) is 4.68 Å². The van der Waals surface area contributed by atoms with Crippen molar-refractivity contribution in [1.29, 1.82) is 0 Å². The lowest BCUT2D eigenvalue weighted by Gasteiger charge is -2.23. The number of hydrogen-bond donors (Lipinski definition) is 1. The molecule has 15 heavy (non-hydrogen) atoms. The molecule has 0 aromatic carbocycles. The van der Waals surface area contributed by atoms with Gasteiger partial charge in [0.25, 0.3) is 0 Å². The number of aromatic nitrogens is 2. The van der Waals surface area contributed by atoms with Crippen molar-refractivity contribution in [2.75, 3.05) is 13.2 Å². The summed E-state index contributed by atoms with van der Waals surface area (Å²) in [4.78, 5) is 0. The smallest absolute Gasteiger partial charge is 0.0646 e. The molecule has 1 aliphatic heterocycles. The van der Waals surface area contributed by atoms with E-state index in [1.54, 1.807) is 0 Å². The number of nitrogens with zero attached hydrogens (tertiary/aromatic N) is 2. The summed E-state index contributed by atoms with van der Waals surface area (Å²) in [6.45, 7) is 7.80. The molecule has 84 valence electrons. The van der Waals surface area contributed by atoms with Crippen molar-refractivity contribution < 1.29 is 4.74 Å². The fourth-order valence-corrected chi connectivity index (χ4v) is 1.91. The number of nitrogens with one attached hydrogen (secondary N) is 1. The second-order valence-corrected chi connectivity index (χ2v) is 4.36. The van der Waals surface area contributed by atoms with E-state index in [4.69, 9.17) is 4.74 Å². The van der Waals surface area contributed by atoms with E-state index >= 15 is 0 Å². The highest BCUT2D eigenvalue weighted by Gasteiger charge is 2.28. The first kappa shape index (κ1) is 10.6. The van der Waals surface area contributed by atoms with Gasteiger partial charge in [0.2, 0.25) is 0 Å². The minimum absolute atomic E-state index is 0.142. The average molecular weight is 209 g/mol. The Balaban J connectivity index is 1.92. The molecule has 2 rings (SSSR count). The van der Waals surface area contributed by atoms with Gasteiger partial charge in [0, 0.05) is 31.4 Å². The van der Waals surface area contributed by atoms with Crippen molar-refractivity contribution in [2.45, 2.75) is 38.9 Å². The van der Waals surface area contributed by atoms with Crippen LogP contribution in [0.25, 0.3) is 0 Å². The number of ether oxygens (including phenoxy) is 1. The maximum Gasteiger partial charge on any atom is 0.0646 e. The van der Waals surface area contributed by atoms with Gasteiger partial charge in [-0.2, -0.15) is 5.10 Å². The normalized spacial score (nSPS) is 26.0. The lowest BCUT2D eigenvalue weighted by Crippen LogP contribution is -2.42. The molecule has 4 heteroatoms. The standard InChI is InChI=1S/C11H19N3O/c1-3-14-10(4-6-13-14)8-12-11(2)5-7-15-9-11/h4,6,12H,3,5,7-9H2,1-2H3. The van der Waals surface area contributed by atoms with Crippen molar-refractivity contribution >= 4 is 0 Å². The minimum Gasteiger partial charge on any atom is -0.379 e. The van der Waals surface area contributed by atoms with Crippen molar-refractivity contribution in [1.82, 2.24) is 15.1 Å². The van der Waals surface area contributed by atoms with E-state index in [0.717, 1.165) is 32.7 Å². The summed E-state index contributed by atoms with van der Waals surface area (Å²) in [6, 6.07) is 2.07. The predicted octanol–water partition coefficient (Wildman–Crippen LogP) is 1.17. The second kappa shape index (κ2) is 4.33. The Bertz CT molecular complexity index is 315. The third kappa shape index (κ3) is 2.38. The summed E-state index contributed by atoms with van der Waals surface area (Å²) < 4.78 is 7.42. The Morgan fingerprint density at radius 1 is 1.67 bits per heavy atom. The van der Waals surface area contributed by atoms with Gasteiger partial charge in [-0.15, -0.1) is 0 Å². The maximum absolute atomic E-state index is 5.40.